The van der Waals surface area contributed by atoms with Gasteiger partial charge in [0.15, 0.2) is 6.29 Å². The molecule has 0 bridgehead atoms. The lowest BCUT2D eigenvalue weighted by Gasteiger charge is -2.11. The average Bonchev–Trinajstić information content (AvgIpc) is 2.19. The van der Waals surface area contributed by atoms with Crippen molar-refractivity contribution in [2.45, 2.75) is 18.0 Å². The fourth-order valence-corrected chi connectivity index (χ4v) is 1.57. The summed E-state index contributed by atoms with van der Waals surface area (Å²) in [6.07, 6.45) is -1.26. The first-order chi connectivity index (χ1) is 8.12. The van der Waals surface area contributed by atoms with E-state index in [-0.39, 0.29) is 0 Å². The highest BCUT2D eigenvalue weighted by atomic mass is 32.2. The highest BCUT2D eigenvalue weighted by molar-refractivity contribution is 7.86. The van der Waals surface area contributed by atoms with Crippen LogP contribution >= 0.6 is 0 Å². The Labute approximate surface area is 102 Å². The molecule has 0 saturated carbocycles. The van der Waals surface area contributed by atoms with Gasteiger partial charge >= 0.3 is 5.97 Å². The molecule has 18 heavy (non-hydrogen) atoms. The quantitative estimate of drug-likeness (QED) is 0.198. The summed E-state index contributed by atoms with van der Waals surface area (Å²) in [5, 5.41) is 25.5. The van der Waals surface area contributed by atoms with E-state index < -0.39 is 46.5 Å². The topological polar surface area (TPSA) is 161 Å². The Balaban J connectivity index is 4.45. The number of nitrogens with one attached hydrogen (secondary N) is 1. The van der Waals surface area contributed by atoms with Gasteiger partial charge in [0, 0.05) is 12.6 Å². The van der Waals surface area contributed by atoms with Crippen molar-refractivity contribution in [2.75, 3.05) is 6.54 Å². The molecule has 0 aromatic heterocycles. The van der Waals surface area contributed by atoms with Crippen LogP contribution in [0.4, 0.5) is 0 Å². The van der Waals surface area contributed by atoms with Crippen molar-refractivity contribution in [1.29, 1.82) is 0 Å². The Morgan fingerprint density at radius 3 is 2.22 bits per heavy atom. The van der Waals surface area contributed by atoms with Gasteiger partial charge in [-0.1, -0.05) is 0 Å². The molecule has 1 amide bonds. The molecular weight excluding hydrogens is 270 g/mol. The molecule has 9 nitrogen and oxygen atoms in total. The maximum Gasteiger partial charge on any atom is 0.304 e. The standard InChI is InChI=1S/C8H13NO8S/c10-6(1-2-7(11)12)9-4-5(3-8(13)14)18(15,16)17/h1-2,5,7,11-12H,3-4H2,(H,9,10)(H,13,14)(H,15,16,17)/b2-1-. The van der Waals surface area contributed by atoms with Gasteiger partial charge in [0.05, 0.1) is 6.42 Å². The van der Waals surface area contributed by atoms with Gasteiger partial charge in [0.2, 0.25) is 5.91 Å². The molecule has 0 spiro atoms. The monoisotopic (exact) mass is 283 g/mol. The zero-order valence-electron chi connectivity index (χ0n) is 9.05. The van der Waals surface area contributed by atoms with Gasteiger partial charge in [-0.05, 0) is 6.08 Å². The lowest BCUT2D eigenvalue weighted by molar-refractivity contribution is -0.137. The number of aliphatic hydroxyl groups excluding tert-OH is 1. The number of aliphatic carboxylic acids is 1. The molecule has 0 rings (SSSR count). The van der Waals surface area contributed by atoms with Crippen molar-refractivity contribution in [2.24, 2.45) is 0 Å². The number of carboxylic acid groups (broad SMARTS) is 1. The second-order valence-corrected chi connectivity index (χ2v) is 4.95. The zero-order valence-corrected chi connectivity index (χ0v) is 9.87. The van der Waals surface area contributed by atoms with Gasteiger partial charge < -0.3 is 20.6 Å². The minimum atomic E-state index is -4.61. The molecule has 0 heterocycles. The molecule has 0 radical (unpaired) electrons. The summed E-state index contributed by atoms with van der Waals surface area (Å²) in [5.41, 5.74) is 0. The molecule has 0 aliphatic heterocycles. The Bertz CT molecular complexity index is 426. The van der Waals surface area contributed by atoms with Crippen LogP contribution in [0, 0.1) is 0 Å². The van der Waals surface area contributed by atoms with Crippen molar-refractivity contribution < 1.29 is 37.9 Å². The summed E-state index contributed by atoms with van der Waals surface area (Å²) in [4.78, 5) is 21.4. The fraction of sp³-hybridized carbons (Fsp3) is 0.500. The Morgan fingerprint density at radius 2 is 1.83 bits per heavy atom. The van der Waals surface area contributed by atoms with Crippen LogP contribution in [0.1, 0.15) is 6.42 Å². The normalized spacial score (nSPS) is 13.8. The van der Waals surface area contributed by atoms with E-state index in [0.717, 1.165) is 12.2 Å². The maximum absolute atomic E-state index is 11.0. The third kappa shape index (κ3) is 7.73. The van der Waals surface area contributed by atoms with Gasteiger partial charge in [-0.25, -0.2) is 0 Å². The van der Waals surface area contributed by atoms with Crippen molar-refractivity contribution in [3.05, 3.63) is 12.2 Å². The number of carbonyl (C=O) groups excluding carboxylic acids is 1. The van der Waals surface area contributed by atoms with Crippen molar-refractivity contribution in [1.82, 2.24) is 5.32 Å². The van der Waals surface area contributed by atoms with Crippen LogP contribution < -0.4 is 5.32 Å². The van der Waals surface area contributed by atoms with Gasteiger partial charge in [0.25, 0.3) is 10.1 Å². The first-order valence-corrected chi connectivity index (χ1v) is 6.13. The van der Waals surface area contributed by atoms with Crippen molar-refractivity contribution in [3.8, 4) is 0 Å². The van der Waals surface area contributed by atoms with Gasteiger partial charge in [-0.3, -0.25) is 14.1 Å². The molecule has 0 aliphatic carbocycles. The molecule has 1 atom stereocenters. The summed E-state index contributed by atoms with van der Waals surface area (Å²) >= 11 is 0. The molecule has 104 valence electrons. The van der Waals surface area contributed by atoms with E-state index in [0.29, 0.717) is 0 Å². The van der Waals surface area contributed by atoms with Crippen molar-refractivity contribution >= 4 is 22.0 Å². The molecule has 10 heteroatoms. The molecule has 0 aromatic carbocycles. The molecular formula is C8H13NO8S. The largest absolute Gasteiger partial charge is 0.481 e. The smallest absolute Gasteiger partial charge is 0.304 e. The van der Waals surface area contributed by atoms with Crippen LogP contribution in [0.2, 0.25) is 0 Å². The summed E-state index contributed by atoms with van der Waals surface area (Å²) in [5.74, 6) is -2.31. The number of rotatable bonds is 7. The second kappa shape index (κ2) is 7.06. The zero-order chi connectivity index (χ0) is 14.3. The fourth-order valence-electron chi connectivity index (χ4n) is 0.924. The maximum atomic E-state index is 11.0. The van der Waals surface area contributed by atoms with Crippen LogP contribution in [0.15, 0.2) is 12.2 Å². The molecule has 5 N–H and O–H groups in total. The Morgan fingerprint density at radius 1 is 1.28 bits per heavy atom. The van der Waals surface area contributed by atoms with Crippen LogP contribution in [-0.4, -0.2) is 58.3 Å². The first kappa shape index (κ1) is 16.5. The van der Waals surface area contributed by atoms with E-state index in [9.17, 15) is 18.0 Å². The predicted octanol–water partition coefficient (Wildman–Crippen LogP) is -2.30. The number of aliphatic hydroxyl groups is 2. The molecule has 0 saturated heterocycles. The van der Waals surface area contributed by atoms with E-state index in [2.05, 4.69) is 0 Å². The molecule has 0 aliphatic rings. The predicted molar refractivity (Wildman–Crippen MR) is 58.0 cm³/mol. The number of amides is 1. The minimum absolute atomic E-state index is 0.615. The minimum Gasteiger partial charge on any atom is -0.481 e. The third-order valence-corrected chi connectivity index (χ3v) is 2.92. The number of hydrogen-bond donors (Lipinski definition) is 5. The highest BCUT2D eigenvalue weighted by Crippen LogP contribution is 2.03. The van der Waals surface area contributed by atoms with Crippen LogP contribution in [0.25, 0.3) is 0 Å². The number of hydrogen-bond acceptors (Lipinski definition) is 6. The lowest BCUT2D eigenvalue weighted by atomic mass is 10.3. The lowest BCUT2D eigenvalue weighted by Crippen LogP contribution is -2.37. The van der Waals surface area contributed by atoms with Gasteiger partial charge in [0.1, 0.15) is 5.25 Å². The number of carboxylic acids is 1. The van der Waals surface area contributed by atoms with Gasteiger partial charge in [-0.15, -0.1) is 0 Å². The van der Waals surface area contributed by atoms with E-state index in [1.54, 1.807) is 0 Å². The second-order valence-electron chi connectivity index (χ2n) is 3.25. The van der Waals surface area contributed by atoms with Crippen LogP contribution in [0.5, 0.6) is 0 Å². The third-order valence-electron chi connectivity index (χ3n) is 1.75. The summed E-state index contributed by atoms with van der Waals surface area (Å²) in [6, 6.07) is 0. The average molecular weight is 283 g/mol. The SMILES string of the molecule is O=C(O)CC(CNC(=O)/C=C\C(O)O)S(=O)(=O)O. The summed E-state index contributed by atoms with van der Waals surface area (Å²) < 4.78 is 30.3. The van der Waals surface area contributed by atoms with Crippen LogP contribution in [0.3, 0.4) is 0 Å². The van der Waals surface area contributed by atoms with E-state index >= 15 is 0 Å². The summed E-state index contributed by atoms with van der Waals surface area (Å²) in [6.45, 7) is -0.615. The Hall–Kier alpha value is -1.49. The van der Waals surface area contributed by atoms with Crippen molar-refractivity contribution in [3.63, 3.8) is 0 Å². The molecule has 0 fully saturated rings. The van der Waals surface area contributed by atoms with E-state index in [1.165, 1.54) is 0 Å². The first-order valence-electron chi connectivity index (χ1n) is 4.63. The Kier molecular flexibility index (Phi) is 6.47. The van der Waals surface area contributed by atoms with Crippen LogP contribution in [-0.2, 0) is 19.7 Å². The highest BCUT2D eigenvalue weighted by Gasteiger charge is 2.26. The molecule has 1 unspecified atom stereocenters. The number of carbonyl (C=O) groups is 2. The van der Waals surface area contributed by atoms with E-state index in [1.807, 2.05) is 5.32 Å². The van der Waals surface area contributed by atoms with E-state index in [4.69, 9.17) is 19.9 Å². The summed E-state index contributed by atoms with van der Waals surface area (Å²) in [7, 11) is -4.61. The molecule has 0 aromatic rings. The van der Waals surface area contributed by atoms with Gasteiger partial charge in [-0.2, -0.15) is 8.42 Å².